The molecule has 0 aliphatic heterocycles. The van der Waals surface area contributed by atoms with Crippen LogP contribution in [-0.2, 0) is 0 Å². The van der Waals surface area contributed by atoms with Crippen molar-refractivity contribution in [1.29, 1.82) is 0 Å². The van der Waals surface area contributed by atoms with Crippen LogP contribution in [0.15, 0.2) is 18.2 Å². The quantitative estimate of drug-likeness (QED) is 0.707. The standard InChI is InChI=1S/C15H19FO/c1-9-8-10(6-7-11(9)16)12(17)13-14(2,3)15(13,4)5/h6-8,13H,1-5H3. The summed E-state index contributed by atoms with van der Waals surface area (Å²) in [4.78, 5) is 12.4. The van der Waals surface area contributed by atoms with E-state index in [0.717, 1.165) is 0 Å². The normalized spacial score (nSPS) is 21.3. The minimum Gasteiger partial charge on any atom is -0.294 e. The van der Waals surface area contributed by atoms with E-state index in [0.29, 0.717) is 11.1 Å². The largest absolute Gasteiger partial charge is 0.294 e. The van der Waals surface area contributed by atoms with Crippen LogP contribution >= 0.6 is 0 Å². The highest BCUT2D eigenvalue weighted by Crippen LogP contribution is 2.69. The van der Waals surface area contributed by atoms with E-state index in [1.807, 2.05) is 0 Å². The van der Waals surface area contributed by atoms with Gasteiger partial charge in [-0.15, -0.1) is 0 Å². The number of ketones is 1. The molecule has 1 nitrogen and oxygen atoms in total. The van der Waals surface area contributed by atoms with Gasteiger partial charge in [0.05, 0.1) is 0 Å². The van der Waals surface area contributed by atoms with Gasteiger partial charge in [0.15, 0.2) is 5.78 Å². The molecule has 2 heteroatoms. The Labute approximate surface area is 102 Å². The molecule has 0 atom stereocenters. The third-order valence-corrected chi connectivity index (χ3v) is 4.73. The summed E-state index contributed by atoms with van der Waals surface area (Å²) in [5.41, 5.74) is 1.23. The van der Waals surface area contributed by atoms with Crippen LogP contribution in [0.5, 0.6) is 0 Å². The molecule has 17 heavy (non-hydrogen) atoms. The second-order valence-corrected chi connectivity index (χ2v) is 6.20. The van der Waals surface area contributed by atoms with Crippen LogP contribution in [0.3, 0.4) is 0 Å². The molecule has 0 radical (unpaired) electrons. The Morgan fingerprint density at radius 3 is 2.12 bits per heavy atom. The Balaban J connectivity index is 2.31. The number of Topliss-reactive ketones (excluding diaryl/α,β-unsaturated/α-hetero) is 1. The maximum absolute atomic E-state index is 13.2. The van der Waals surface area contributed by atoms with E-state index < -0.39 is 0 Å². The molecule has 1 aliphatic rings. The molecule has 0 bridgehead atoms. The molecule has 1 aromatic rings. The maximum atomic E-state index is 13.2. The van der Waals surface area contributed by atoms with Gasteiger partial charge in [-0.05, 0) is 41.5 Å². The van der Waals surface area contributed by atoms with Gasteiger partial charge in [0.25, 0.3) is 0 Å². The first-order chi connectivity index (χ1) is 7.69. The van der Waals surface area contributed by atoms with Gasteiger partial charge in [-0.2, -0.15) is 0 Å². The third-order valence-electron chi connectivity index (χ3n) is 4.73. The van der Waals surface area contributed by atoms with Crippen LogP contribution in [0.25, 0.3) is 0 Å². The molecular weight excluding hydrogens is 215 g/mol. The van der Waals surface area contributed by atoms with E-state index in [2.05, 4.69) is 27.7 Å². The monoisotopic (exact) mass is 234 g/mol. The number of hydrogen-bond acceptors (Lipinski definition) is 1. The van der Waals surface area contributed by atoms with Crippen LogP contribution in [0.4, 0.5) is 4.39 Å². The summed E-state index contributed by atoms with van der Waals surface area (Å²) in [7, 11) is 0. The first-order valence-electron chi connectivity index (χ1n) is 6.00. The van der Waals surface area contributed by atoms with E-state index in [4.69, 9.17) is 0 Å². The number of aryl methyl sites for hydroxylation is 1. The summed E-state index contributed by atoms with van der Waals surface area (Å²) >= 11 is 0. The van der Waals surface area contributed by atoms with Crippen LogP contribution in [-0.4, -0.2) is 5.78 Å². The van der Waals surface area contributed by atoms with Crippen molar-refractivity contribution >= 4 is 5.78 Å². The Hall–Kier alpha value is -1.18. The summed E-state index contributed by atoms with van der Waals surface area (Å²) in [6.07, 6.45) is 0. The maximum Gasteiger partial charge on any atom is 0.167 e. The van der Waals surface area contributed by atoms with E-state index in [-0.39, 0.29) is 28.3 Å². The second-order valence-electron chi connectivity index (χ2n) is 6.20. The molecule has 1 aromatic carbocycles. The first-order valence-corrected chi connectivity index (χ1v) is 6.00. The zero-order chi connectivity index (χ0) is 13.0. The molecule has 1 fully saturated rings. The lowest BCUT2D eigenvalue weighted by molar-refractivity contribution is 0.0945. The zero-order valence-corrected chi connectivity index (χ0v) is 11.1. The summed E-state index contributed by atoms with van der Waals surface area (Å²) < 4.78 is 13.2. The SMILES string of the molecule is Cc1cc(C(=O)C2C(C)(C)C2(C)C)ccc1F. The highest BCUT2D eigenvalue weighted by Gasteiger charge is 2.67. The molecule has 1 saturated carbocycles. The molecule has 0 unspecified atom stereocenters. The van der Waals surface area contributed by atoms with Crippen molar-refractivity contribution < 1.29 is 9.18 Å². The number of hydrogen-bond donors (Lipinski definition) is 0. The molecule has 1 aliphatic carbocycles. The van der Waals surface area contributed by atoms with Gasteiger partial charge in [-0.3, -0.25) is 4.79 Å². The van der Waals surface area contributed by atoms with E-state index in [9.17, 15) is 9.18 Å². The predicted molar refractivity (Wildman–Crippen MR) is 66.5 cm³/mol. The summed E-state index contributed by atoms with van der Waals surface area (Å²) in [5.74, 6) is -0.0705. The molecule has 0 aromatic heterocycles. The van der Waals surface area contributed by atoms with Crippen LogP contribution in [0, 0.1) is 29.5 Å². The van der Waals surface area contributed by atoms with Gasteiger partial charge in [0, 0.05) is 11.5 Å². The molecular formula is C15H19FO. The van der Waals surface area contributed by atoms with E-state index >= 15 is 0 Å². The molecule has 0 spiro atoms. The first kappa shape index (κ1) is 12.3. The Kier molecular flexibility index (Phi) is 2.46. The molecule has 0 N–H and O–H groups in total. The Morgan fingerprint density at radius 1 is 1.18 bits per heavy atom. The molecule has 0 saturated heterocycles. The predicted octanol–water partition coefficient (Wildman–Crippen LogP) is 4.00. The summed E-state index contributed by atoms with van der Waals surface area (Å²) in [6.45, 7) is 10.2. The number of rotatable bonds is 2. The minimum absolute atomic E-state index is 0.0341. The van der Waals surface area contributed by atoms with Gasteiger partial charge in [0.1, 0.15) is 5.82 Å². The highest BCUT2D eigenvalue weighted by molar-refractivity contribution is 6.01. The zero-order valence-electron chi connectivity index (χ0n) is 11.1. The van der Waals surface area contributed by atoms with Crippen LogP contribution < -0.4 is 0 Å². The fourth-order valence-electron chi connectivity index (χ4n) is 2.82. The highest BCUT2D eigenvalue weighted by atomic mass is 19.1. The lowest BCUT2D eigenvalue weighted by Gasteiger charge is -2.04. The average molecular weight is 234 g/mol. The molecule has 0 heterocycles. The van der Waals surface area contributed by atoms with Crippen molar-refractivity contribution in [1.82, 2.24) is 0 Å². The summed E-state index contributed by atoms with van der Waals surface area (Å²) in [6, 6.07) is 4.63. The van der Waals surface area contributed by atoms with Crippen molar-refractivity contribution in [3.05, 3.63) is 35.1 Å². The summed E-state index contributed by atoms with van der Waals surface area (Å²) in [5, 5.41) is 0. The van der Waals surface area contributed by atoms with Crippen LogP contribution in [0.1, 0.15) is 43.6 Å². The van der Waals surface area contributed by atoms with Crippen molar-refractivity contribution in [2.75, 3.05) is 0 Å². The number of carbonyl (C=O) groups excluding carboxylic acids is 1. The molecule has 92 valence electrons. The van der Waals surface area contributed by atoms with Crippen molar-refractivity contribution in [3.63, 3.8) is 0 Å². The van der Waals surface area contributed by atoms with Gasteiger partial charge >= 0.3 is 0 Å². The van der Waals surface area contributed by atoms with Crippen molar-refractivity contribution in [2.24, 2.45) is 16.7 Å². The smallest absolute Gasteiger partial charge is 0.167 e. The molecule has 2 rings (SSSR count). The fourth-order valence-corrected chi connectivity index (χ4v) is 2.82. The van der Waals surface area contributed by atoms with E-state index in [1.165, 1.54) is 6.07 Å². The van der Waals surface area contributed by atoms with Gasteiger partial charge < -0.3 is 0 Å². The molecule has 0 amide bonds. The topological polar surface area (TPSA) is 17.1 Å². The Bertz CT molecular complexity index is 472. The number of halogens is 1. The van der Waals surface area contributed by atoms with Crippen LogP contribution in [0.2, 0.25) is 0 Å². The van der Waals surface area contributed by atoms with Gasteiger partial charge in [0.2, 0.25) is 0 Å². The lowest BCUT2D eigenvalue weighted by atomic mass is 10.00. The van der Waals surface area contributed by atoms with Crippen molar-refractivity contribution in [2.45, 2.75) is 34.6 Å². The lowest BCUT2D eigenvalue weighted by Crippen LogP contribution is -2.08. The minimum atomic E-state index is -0.254. The number of carbonyl (C=O) groups is 1. The van der Waals surface area contributed by atoms with Gasteiger partial charge in [-0.25, -0.2) is 4.39 Å². The second kappa shape index (κ2) is 3.41. The Morgan fingerprint density at radius 2 is 1.71 bits per heavy atom. The van der Waals surface area contributed by atoms with Gasteiger partial charge in [-0.1, -0.05) is 27.7 Å². The van der Waals surface area contributed by atoms with E-state index in [1.54, 1.807) is 19.1 Å². The van der Waals surface area contributed by atoms with Crippen molar-refractivity contribution in [3.8, 4) is 0 Å². The third kappa shape index (κ3) is 1.62. The fraction of sp³-hybridized carbons (Fsp3) is 0.533. The average Bonchev–Trinajstić information content (AvgIpc) is 2.61. The number of benzene rings is 1.